The fourth-order valence-electron chi connectivity index (χ4n) is 0.805. The highest BCUT2D eigenvalue weighted by atomic mass is 35.5. The lowest BCUT2D eigenvalue weighted by atomic mass is 10.3. The van der Waals surface area contributed by atoms with Crippen molar-refractivity contribution in [3.8, 4) is 0 Å². The summed E-state index contributed by atoms with van der Waals surface area (Å²) in [7, 11) is 4.98. The summed E-state index contributed by atoms with van der Waals surface area (Å²) in [6, 6.07) is 0. The second-order valence-corrected chi connectivity index (χ2v) is 2.77. The standard InChI is InChI=1S/C8H17N3O2.ClH/c1-9-6-8(13)11(3)5-4-7(12)10-2;/h9H,4-6H2,1-3H3,(H,10,12);1H. The highest BCUT2D eigenvalue weighted by Gasteiger charge is 2.08. The van der Waals surface area contributed by atoms with Gasteiger partial charge in [-0.05, 0) is 7.05 Å². The van der Waals surface area contributed by atoms with Gasteiger partial charge in [0.25, 0.3) is 0 Å². The van der Waals surface area contributed by atoms with E-state index in [1.165, 1.54) is 4.90 Å². The Hall–Kier alpha value is -0.810. The monoisotopic (exact) mass is 223 g/mol. The van der Waals surface area contributed by atoms with E-state index in [9.17, 15) is 9.59 Å². The van der Waals surface area contributed by atoms with Crippen LogP contribution in [0, 0.1) is 0 Å². The van der Waals surface area contributed by atoms with Gasteiger partial charge < -0.3 is 15.5 Å². The average molecular weight is 224 g/mol. The number of nitrogens with zero attached hydrogens (tertiary/aromatic N) is 1. The van der Waals surface area contributed by atoms with Crippen molar-refractivity contribution in [3.05, 3.63) is 0 Å². The van der Waals surface area contributed by atoms with Crippen molar-refractivity contribution < 1.29 is 9.59 Å². The SMILES string of the molecule is CNCC(=O)N(C)CCC(=O)NC.Cl. The molecule has 0 saturated carbocycles. The molecule has 6 heteroatoms. The third kappa shape index (κ3) is 6.68. The van der Waals surface area contributed by atoms with E-state index >= 15 is 0 Å². The first-order valence-electron chi connectivity index (χ1n) is 4.21. The predicted molar refractivity (Wildman–Crippen MR) is 57.5 cm³/mol. The first-order chi connectivity index (χ1) is 6.11. The van der Waals surface area contributed by atoms with Crippen molar-refractivity contribution in [2.45, 2.75) is 6.42 Å². The summed E-state index contributed by atoms with van der Waals surface area (Å²) in [5.41, 5.74) is 0. The van der Waals surface area contributed by atoms with E-state index in [-0.39, 0.29) is 24.2 Å². The van der Waals surface area contributed by atoms with Gasteiger partial charge in [0.05, 0.1) is 6.54 Å². The first kappa shape index (κ1) is 15.7. The van der Waals surface area contributed by atoms with Crippen LogP contribution in [0.1, 0.15) is 6.42 Å². The molecule has 0 aromatic rings. The molecule has 5 nitrogen and oxygen atoms in total. The molecule has 0 aromatic heterocycles. The van der Waals surface area contributed by atoms with Crippen LogP contribution < -0.4 is 10.6 Å². The lowest BCUT2D eigenvalue weighted by Crippen LogP contribution is -2.36. The molecule has 0 radical (unpaired) electrons. The molecular formula is C8H18ClN3O2. The molecule has 2 N–H and O–H groups in total. The third-order valence-corrected chi connectivity index (χ3v) is 1.71. The molecular weight excluding hydrogens is 206 g/mol. The van der Waals surface area contributed by atoms with Gasteiger partial charge in [0, 0.05) is 27.1 Å². The van der Waals surface area contributed by atoms with Crippen molar-refractivity contribution in [3.63, 3.8) is 0 Å². The van der Waals surface area contributed by atoms with E-state index in [2.05, 4.69) is 10.6 Å². The highest BCUT2D eigenvalue weighted by molar-refractivity contribution is 5.85. The van der Waals surface area contributed by atoms with Crippen LogP contribution in [0.5, 0.6) is 0 Å². The number of amides is 2. The minimum absolute atomic E-state index is 0. The molecule has 0 aromatic carbocycles. The quantitative estimate of drug-likeness (QED) is 0.643. The second-order valence-electron chi connectivity index (χ2n) is 2.77. The number of rotatable bonds is 5. The van der Waals surface area contributed by atoms with Crippen LogP contribution in [0.25, 0.3) is 0 Å². The number of likely N-dealkylation sites (N-methyl/N-ethyl adjacent to an activating group) is 2. The Bertz CT molecular complexity index is 187. The minimum Gasteiger partial charge on any atom is -0.359 e. The Labute approximate surface area is 90.6 Å². The summed E-state index contributed by atoms with van der Waals surface area (Å²) in [5.74, 6) is -0.0597. The van der Waals surface area contributed by atoms with E-state index in [0.717, 1.165) is 0 Å². The zero-order chi connectivity index (χ0) is 10.3. The van der Waals surface area contributed by atoms with Gasteiger partial charge in [0.1, 0.15) is 0 Å². The number of hydrogen-bond acceptors (Lipinski definition) is 3. The number of carbonyl (C=O) groups excluding carboxylic acids is 2. The molecule has 2 amide bonds. The Balaban J connectivity index is 0. The number of halogens is 1. The molecule has 0 saturated heterocycles. The molecule has 0 atom stereocenters. The third-order valence-electron chi connectivity index (χ3n) is 1.71. The van der Waals surface area contributed by atoms with E-state index < -0.39 is 0 Å². The molecule has 0 spiro atoms. The average Bonchev–Trinajstić information content (AvgIpc) is 2.13. The van der Waals surface area contributed by atoms with Crippen LogP contribution in [0.4, 0.5) is 0 Å². The molecule has 0 aliphatic carbocycles. The second kappa shape index (κ2) is 8.77. The maximum atomic E-state index is 11.2. The Morgan fingerprint density at radius 2 is 1.86 bits per heavy atom. The summed E-state index contributed by atoms with van der Waals surface area (Å²) >= 11 is 0. The maximum Gasteiger partial charge on any atom is 0.236 e. The molecule has 0 bridgehead atoms. The van der Waals surface area contributed by atoms with Crippen molar-refractivity contribution in [1.29, 1.82) is 0 Å². The van der Waals surface area contributed by atoms with Crippen molar-refractivity contribution in [2.24, 2.45) is 0 Å². The fourth-order valence-corrected chi connectivity index (χ4v) is 0.805. The molecule has 0 aliphatic heterocycles. The van der Waals surface area contributed by atoms with Gasteiger partial charge >= 0.3 is 0 Å². The number of carbonyl (C=O) groups is 2. The summed E-state index contributed by atoms with van der Waals surface area (Å²) in [6.45, 7) is 0.768. The topological polar surface area (TPSA) is 61.4 Å². The van der Waals surface area contributed by atoms with Gasteiger partial charge in [-0.15, -0.1) is 12.4 Å². The van der Waals surface area contributed by atoms with E-state index in [0.29, 0.717) is 19.5 Å². The van der Waals surface area contributed by atoms with Gasteiger partial charge in [0.15, 0.2) is 0 Å². The van der Waals surface area contributed by atoms with Crippen molar-refractivity contribution in [2.75, 3.05) is 34.2 Å². The van der Waals surface area contributed by atoms with E-state index in [1.807, 2.05) is 0 Å². The smallest absolute Gasteiger partial charge is 0.236 e. The van der Waals surface area contributed by atoms with Crippen LogP contribution in [-0.2, 0) is 9.59 Å². The van der Waals surface area contributed by atoms with Gasteiger partial charge in [0.2, 0.25) is 11.8 Å². The maximum absolute atomic E-state index is 11.2. The summed E-state index contributed by atoms with van der Waals surface area (Å²) in [6.07, 6.45) is 0.350. The lowest BCUT2D eigenvalue weighted by molar-refractivity contribution is -0.129. The summed E-state index contributed by atoms with van der Waals surface area (Å²) in [4.78, 5) is 23.5. The van der Waals surface area contributed by atoms with Crippen molar-refractivity contribution in [1.82, 2.24) is 15.5 Å². The van der Waals surface area contributed by atoms with Gasteiger partial charge in [-0.1, -0.05) is 0 Å². The van der Waals surface area contributed by atoms with Crippen LogP contribution >= 0.6 is 12.4 Å². The molecule has 0 fully saturated rings. The largest absolute Gasteiger partial charge is 0.359 e. The molecule has 0 aliphatic rings. The minimum atomic E-state index is -0.0518. The normalized spacial score (nSPS) is 8.79. The lowest BCUT2D eigenvalue weighted by Gasteiger charge is -2.15. The number of nitrogens with one attached hydrogen (secondary N) is 2. The summed E-state index contributed by atoms with van der Waals surface area (Å²) < 4.78 is 0. The molecule has 14 heavy (non-hydrogen) atoms. The Morgan fingerprint density at radius 1 is 1.29 bits per heavy atom. The Kier molecular flexibility index (Phi) is 9.81. The zero-order valence-corrected chi connectivity index (χ0v) is 9.61. The summed E-state index contributed by atoms with van der Waals surface area (Å²) in [5, 5.41) is 5.26. The fraction of sp³-hybridized carbons (Fsp3) is 0.750. The van der Waals surface area contributed by atoms with E-state index in [4.69, 9.17) is 0 Å². The van der Waals surface area contributed by atoms with Gasteiger partial charge in [-0.25, -0.2) is 0 Å². The molecule has 0 unspecified atom stereocenters. The molecule has 0 rings (SSSR count). The van der Waals surface area contributed by atoms with Crippen LogP contribution in [0.15, 0.2) is 0 Å². The molecule has 84 valence electrons. The molecule has 0 heterocycles. The van der Waals surface area contributed by atoms with Gasteiger partial charge in [-0.3, -0.25) is 9.59 Å². The Morgan fingerprint density at radius 3 is 2.29 bits per heavy atom. The predicted octanol–water partition coefficient (Wildman–Crippen LogP) is -0.778. The van der Waals surface area contributed by atoms with Crippen LogP contribution in [0.3, 0.4) is 0 Å². The van der Waals surface area contributed by atoms with Crippen LogP contribution in [-0.4, -0.2) is 50.9 Å². The van der Waals surface area contributed by atoms with Crippen LogP contribution in [0.2, 0.25) is 0 Å². The van der Waals surface area contributed by atoms with E-state index in [1.54, 1.807) is 21.1 Å². The van der Waals surface area contributed by atoms with Gasteiger partial charge in [-0.2, -0.15) is 0 Å². The number of hydrogen-bond donors (Lipinski definition) is 2. The van der Waals surface area contributed by atoms with Crippen molar-refractivity contribution >= 4 is 24.2 Å². The highest BCUT2D eigenvalue weighted by Crippen LogP contribution is 1.87. The first-order valence-corrected chi connectivity index (χ1v) is 4.21. The zero-order valence-electron chi connectivity index (χ0n) is 8.79.